The highest BCUT2D eigenvalue weighted by atomic mass is 15.1. The summed E-state index contributed by atoms with van der Waals surface area (Å²) in [5.41, 5.74) is 4.22. The molecule has 0 saturated carbocycles. The van der Waals surface area contributed by atoms with E-state index in [1.54, 1.807) is 0 Å². The summed E-state index contributed by atoms with van der Waals surface area (Å²) in [6, 6.07) is 22.4. The second-order valence-corrected chi connectivity index (χ2v) is 4.92. The van der Waals surface area contributed by atoms with Gasteiger partial charge in [0.25, 0.3) is 0 Å². The third kappa shape index (κ3) is 3.45. The summed E-state index contributed by atoms with van der Waals surface area (Å²) >= 11 is 0. The normalized spacial score (nSPS) is 10.3. The van der Waals surface area contributed by atoms with E-state index in [0.29, 0.717) is 5.95 Å². The highest BCUT2D eigenvalue weighted by Gasteiger charge is 2.04. The van der Waals surface area contributed by atoms with Crippen LogP contribution in [0.4, 0.5) is 5.95 Å². The maximum absolute atomic E-state index is 4.60. The van der Waals surface area contributed by atoms with Gasteiger partial charge in [-0.25, -0.2) is 9.97 Å². The van der Waals surface area contributed by atoms with E-state index in [1.807, 2.05) is 49.4 Å². The van der Waals surface area contributed by atoms with Crippen LogP contribution in [0.1, 0.15) is 11.3 Å². The molecule has 3 heteroatoms. The fourth-order valence-corrected chi connectivity index (χ4v) is 2.18. The van der Waals surface area contributed by atoms with E-state index < -0.39 is 0 Å². The summed E-state index contributed by atoms with van der Waals surface area (Å²) in [5, 5.41) is 3.29. The van der Waals surface area contributed by atoms with Gasteiger partial charge in [-0.2, -0.15) is 0 Å². The van der Waals surface area contributed by atoms with Crippen molar-refractivity contribution in [2.75, 3.05) is 5.32 Å². The van der Waals surface area contributed by atoms with E-state index >= 15 is 0 Å². The highest BCUT2D eigenvalue weighted by molar-refractivity contribution is 5.60. The minimum atomic E-state index is 0.665. The van der Waals surface area contributed by atoms with Crippen molar-refractivity contribution in [2.24, 2.45) is 0 Å². The second kappa shape index (κ2) is 6.18. The monoisotopic (exact) mass is 275 g/mol. The lowest BCUT2D eigenvalue weighted by Gasteiger charge is -2.08. The van der Waals surface area contributed by atoms with Crippen molar-refractivity contribution in [1.82, 2.24) is 9.97 Å². The number of benzene rings is 2. The highest BCUT2D eigenvalue weighted by Crippen LogP contribution is 2.18. The molecule has 1 heterocycles. The molecule has 0 fully saturated rings. The first kappa shape index (κ1) is 13.3. The summed E-state index contributed by atoms with van der Waals surface area (Å²) in [4.78, 5) is 9.05. The molecule has 0 amide bonds. The number of hydrogen-bond acceptors (Lipinski definition) is 3. The first-order chi connectivity index (χ1) is 10.3. The van der Waals surface area contributed by atoms with Gasteiger partial charge in [-0.15, -0.1) is 0 Å². The predicted octanol–water partition coefficient (Wildman–Crippen LogP) is 4.06. The van der Waals surface area contributed by atoms with E-state index in [2.05, 4.69) is 39.6 Å². The van der Waals surface area contributed by atoms with E-state index in [-0.39, 0.29) is 0 Å². The van der Waals surface area contributed by atoms with Crippen molar-refractivity contribution < 1.29 is 0 Å². The Kier molecular flexibility index (Phi) is 3.92. The van der Waals surface area contributed by atoms with Crippen molar-refractivity contribution in [1.29, 1.82) is 0 Å². The van der Waals surface area contributed by atoms with E-state index in [0.717, 1.165) is 23.5 Å². The summed E-state index contributed by atoms with van der Waals surface area (Å²) in [6.07, 6.45) is 0. The largest absolute Gasteiger partial charge is 0.350 e. The van der Waals surface area contributed by atoms with Crippen LogP contribution in [0.5, 0.6) is 0 Å². The molecule has 104 valence electrons. The van der Waals surface area contributed by atoms with Gasteiger partial charge in [0, 0.05) is 17.8 Å². The lowest BCUT2D eigenvalue weighted by Crippen LogP contribution is -2.05. The van der Waals surface area contributed by atoms with E-state index in [1.165, 1.54) is 5.56 Å². The molecule has 0 bridgehead atoms. The van der Waals surface area contributed by atoms with Gasteiger partial charge < -0.3 is 5.32 Å². The standard InChI is InChI=1S/C18H17N3/c1-14-12-17(16-10-6-3-7-11-16)21-18(20-14)19-13-15-8-4-2-5-9-15/h2-12H,13H2,1H3,(H,19,20,21). The molecule has 0 aliphatic carbocycles. The zero-order chi connectivity index (χ0) is 14.5. The summed E-state index contributed by atoms with van der Waals surface area (Å²) in [7, 11) is 0. The SMILES string of the molecule is Cc1cc(-c2ccccc2)nc(NCc2ccccc2)n1. The molecule has 0 spiro atoms. The Bertz CT molecular complexity index is 709. The van der Waals surface area contributed by atoms with Crippen LogP contribution < -0.4 is 5.32 Å². The Morgan fingerprint density at radius 2 is 1.52 bits per heavy atom. The molecule has 0 aliphatic heterocycles. The van der Waals surface area contributed by atoms with Crippen LogP contribution in [-0.4, -0.2) is 9.97 Å². The second-order valence-electron chi connectivity index (χ2n) is 4.92. The molecule has 0 radical (unpaired) electrons. The van der Waals surface area contributed by atoms with Crippen LogP contribution in [0.15, 0.2) is 66.7 Å². The molecule has 1 aromatic heterocycles. The molecule has 21 heavy (non-hydrogen) atoms. The summed E-state index contributed by atoms with van der Waals surface area (Å²) in [5.74, 6) is 0.665. The third-order valence-corrected chi connectivity index (χ3v) is 3.22. The number of nitrogens with zero attached hydrogens (tertiary/aromatic N) is 2. The number of nitrogens with one attached hydrogen (secondary N) is 1. The van der Waals surface area contributed by atoms with Crippen LogP contribution in [0.3, 0.4) is 0 Å². The van der Waals surface area contributed by atoms with Crippen LogP contribution in [0, 0.1) is 6.92 Å². The topological polar surface area (TPSA) is 37.8 Å². The number of aromatic nitrogens is 2. The molecule has 1 N–H and O–H groups in total. The number of anilines is 1. The number of rotatable bonds is 4. The predicted molar refractivity (Wildman–Crippen MR) is 86.0 cm³/mol. The Morgan fingerprint density at radius 3 is 2.24 bits per heavy atom. The van der Waals surface area contributed by atoms with Gasteiger partial charge in [-0.3, -0.25) is 0 Å². The maximum Gasteiger partial charge on any atom is 0.223 e. The Hall–Kier alpha value is -2.68. The molecule has 3 nitrogen and oxygen atoms in total. The van der Waals surface area contributed by atoms with Gasteiger partial charge in [-0.1, -0.05) is 60.7 Å². The van der Waals surface area contributed by atoms with Gasteiger partial charge in [0.2, 0.25) is 5.95 Å². The van der Waals surface area contributed by atoms with Crippen LogP contribution >= 0.6 is 0 Å². The summed E-state index contributed by atoms with van der Waals surface area (Å²) < 4.78 is 0. The first-order valence-electron chi connectivity index (χ1n) is 7.00. The molecule has 0 atom stereocenters. The quantitative estimate of drug-likeness (QED) is 0.780. The Morgan fingerprint density at radius 1 is 0.857 bits per heavy atom. The first-order valence-corrected chi connectivity index (χ1v) is 7.00. The Balaban J connectivity index is 1.82. The van der Waals surface area contributed by atoms with Crippen molar-refractivity contribution in [3.05, 3.63) is 78.0 Å². The Labute approximate surface area is 124 Å². The average molecular weight is 275 g/mol. The fourth-order valence-electron chi connectivity index (χ4n) is 2.18. The molecule has 0 unspecified atom stereocenters. The number of hydrogen-bond donors (Lipinski definition) is 1. The summed E-state index contributed by atoms with van der Waals surface area (Å²) in [6.45, 7) is 2.71. The van der Waals surface area contributed by atoms with Crippen molar-refractivity contribution >= 4 is 5.95 Å². The lowest BCUT2D eigenvalue weighted by molar-refractivity contribution is 1.03. The van der Waals surface area contributed by atoms with Gasteiger partial charge in [0.15, 0.2) is 0 Å². The minimum absolute atomic E-state index is 0.665. The maximum atomic E-state index is 4.60. The average Bonchev–Trinajstić information content (AvgIpc) is 2.54. The molecule has 3 rings (SSSR count). The van der Waals surface area contributed by atoms with Gasteiger partial charge >= 0.3 is 0 Å². The van der Waals surface area contributed by atoms with Gasteiger partial charge in [0.05, 0.1) is 5.69 Å². The van der Waals surface area contributed by atoms with Crippen molar-refractivity contribution in [2.45, 2.75) is 13.5 Å². The lowest BCUT2D eigenvalue weighted by atomic mass is 10.1. The zero-order valence-electron chi connectivity index (χ0n) is 12.0. The number of aryl methyl sites for hydroxylation is 1. The molecule has 0 aliphatic rings. The molecular weight excluding hydrogens is 258 g/mol. The van der Waals surface area contributed by atoms with Crippen molar-refractivity contribution in [3.63, 3.8) is 0 Å². The van der Waals surface area contributed by atoms with Crippen LogP contribution in [0.25, 0.3) is 11.3 Å². The smallest absolute Gasteiger partial charge is 0.223 e. The van der Waals surface area contributed by atoms with E-state index in [9.17, 15) is 0 Å². The zero-order valence-corrected chi connectivity index (χ0v) is 12.0. The van der Waals surface area contributed by atoms with Crippen LogP contribution in [-0.2, 0) is 6.54 Å². The van der Waals surface area contributed by atoms with E-state index in [4.69, 9.17) is 0 Å². The van der Waals surface area contributed by atoms with Gasteiger partial charge in [0.1, 0.15) is 0 Å². The molecular formula is C18H17N3. The van der Waals surface area contributed by atoms with Crippen molar-refractivity contribution in [3.8, 4) is 11.3 Å². The molecule has 2 aromatic carbocycles. The van der Waals surface area contributed by atoms with Gasteiger partial charge in [-0.05, 0) is 18.6 Å². The van der Waals surface area contributed by atoms with Crippen LogP contribution in [0.2, 0.25) is 0 Å². The molecule has 3 aromatic rings. The third-order valence-electron chi connectivity index (χ3n) is 3.22. The fraction of sp³-hybridized carbons (Fsp3) is 0.111. The molecule has 0 saturated heterocycles. The minimum Gasteiger partial charge on any atom is -0.350 e.